The lowest BCUT2D eigenvalue weighted by Crippen LogP contribution is -2.17. The van der Waals surface area contributed by atoms with Gasteiger partial charge in [0.05, 0.1) is 33.1 Å². The average molecular weight is 979 g/mol. The maximum Gasteiger partial charge on any atom is 0.197 e. The van der Waals surface area contributed by atoms with Crippen molar-refractivity contribution in [3.8, 4) is 68.3 Å². The second kappa shape index (κ2) is 16.4. The number of benzene rings is 9. The van der Waals surface area contributed by atoms with E-state index in [0.29, 0.717) is 89.1 Å². The van der Waals surface area contributed by atoms with E-state index in [1.54, 1.807) is 42.5 Å². The Labute approximate surface area is 428 Å². The Bertz CT molecular complexity index is 4750. The molecular weight excluding hydrogens is 945 g/mol. The summed E-state index contributed by atoms with van der Waals surface area (Å²) in [6, 6.07) is 63.4. The van der Waals surface area contributed by atoms with E-state index in [2.05, 4.69) is 0 Å². The molecule has 0 aliphatic rings. The lowest BCUT2D eigenvalue weighted by Gasteiger charge is -2.18. The molecule has 0 fully saturated rings. The molecule has 0 saturated carbocycles. The molecule has 0 atom stereocenters. The van der Waals surface area contributed by atoms with Gasteiger partial charge in [0.1, 0.15) is 0 Å². The minimum absolute atomic E-state index is 0.242. The number of para-hydroxylation sites is 2. The van der Waals surface area contributed by atoms with Crippen LogP contribution >= 0.6 is 0 Å². The second-order valence-electron chi connectivity index (χ2n) is 18.8. The zero-order valence-corrected chi connectivity index (χ0v) is 39.8. The Morgan fingerprint density at radius 3 is 0.803 bits per heavy atom. The molecule has 76 heavy (non-hydrogen) atoms. The Hall–Kier alpha value is -10.7. The van der Waals surface area contributed by atoms with Gasteiger partial charge in [-0.15, -0.1) is 0 Å². The predicted molar refractivity (Wildman–Crippen MR) is 300 cm³/mol. The highest BCUT2D eigenvalue weighted by atomic mass is 16.1. The van der Waals surface area contributed by atoms with Crippen molar-refractivity contribution in [2.75, 3.05) is 0 Å². The van der Waals surface area contributed by atoms with Crippen LogP contribution < -0.4 is 21.7 Å². The molecule has 6 aromatic heterocycles. The molecule has 15 rings (SSSR count). The first kappa shape index (κ1) is 42.9. The average Bonchev–Trinajstić information content (AvgIpc) is 3.68. The van der Waals surface area contributed by atoms with Gasteiger partial charge in [-0.05, 0) is 60.7 Å². The van der Waals surface area contributed by atoms with E-state index < -0.39 is 10.9 Å². The van der Waals surface area contributed by atoms with Gasteiger partial charge in [-0.2, -0.15) is 0 Å². The summed E-state index contributed by atoms with van der Waals surface area (Å²) < 4.78 is 3.89. The van der Waals surface area contributed by atoms with Gasteiger partial charge < -0.3 is 8.80 Å². The SMILES string of the molecule is O=c1c2ccccc2n2c3cc4c(cc3c(=O)c3cc(-c5nc(-c6ccccc6)nc(-c6ccccc6)n5)cc1c32)c(=O)c1cc(-c2nc(-c3ccccc3)nc(-c3ccccc3)n2)cc2c(=O)c3ccccc3n4c21. The first-order valence-electron chi connectivity index (χ1n) is 24.6. The van der Waals surface area contributed by atoms with Crippen LogP contribution in [0.5, 0.6) is 0 Å². The van der Waals surface area contributed by atoms with Crippen LogP contribution in [0.2, 0.25) is 0 Å². The number of aromatic nitrogens is 8. The van der Waals surface area contributed by atoms with Gasteiger partial charge in [0.15, 0.2) is 56.7 Å². The van der Waals surface area contributed by atoms with Crippen molar-refractivity contribution in [3.05, 3.63) is 247 Å². The fourth-order valence-electron chi connectivity index (χ4n) is 10.9. The van der Waals surface area contributed by atoms with Crippen LogP contribution in [0, 0.1) is 0 Å². The molecule has 0 bridgehead atoms. The molecule has 0 unspecified atom stereocenters. The van der Waals surface area contributed by atoms with Crippen molar-refractivity contribution in [2.24, 2.45) is 0 Å². The summed E-state index contributed by atoms with van der Waals surface area (Å²) in [6.07, 6.45) is 0. The molecule has 15 aromatic rings. The van der Waals surface area contributed by atoms with Crippen LogP contribution in [0.25, 0.3) is 145 Å². The second-order valence-corrected chi connectivity index (χ2v) is 18.8. The van der Waals surface area contributed by atoms with Crippen LogP contribution in [-0.4, -0.2) is 38.7 Å². The molecule has 0 radical (unpaired) electrons. The quantitative estimate of drug-likeness (QED) is 0.116. The minimum atomic E-state index is -0.394. The van der Waals surface area contributed by atoms with E-state index >= 15 is 9.59 Å². The van der Waals surface area contributed by atoms with Gasteiger partial charge in [-0.1, -0.05) is 146 Å². The van der Waals surface area contributed by atoms with Crippen LogP contribution in [0.4, 0.5) is 0 Å². The highest BCUT2D eigenvalue weighted by Gasteiger charge is 2.25. The third kappa shape index (κ3) is 6.44. The zero-order chi connectivity index (χ0) is 50.8. The molecule has 12 heteroatoms. The smallest absolute Gasteiger partial charge is 0.197 e. The fourth-order valence-corrected chi connectivity index (χ4v) is 10.9. The van der Waals surface area contributed by atoms with Gasteiger partial charge in [0, 0.05) is 76.5 Å². The maximum absolute atomic E-state index is 15.6. The Kier molecular flexibility index (Phi) is 9.26. The van der Waals surface area contributed by atoms with Crippen LogP contribution in [0.1, 0.15) is 0 Å². The summed E-state index contributed by atoms with van der Waals surface area (Å²) in [4.78, 5) is 90.5. The number of fused-ring (bicyclic) bond motifs is 8. The standard InChI is InChI=1S/C64H34N8O4/c73-55-41-25-13-15-27-49(41)71-51-34-52-44(33-43(51)57(75)47-31-39(29-45(55)53(47)71)63-67-59(35-17-5-1-6-18-35)65-60(68-63)36-19-7-2-8-20-36)58(76)48-32-40(30-46-54(48)72(52)50-28-16-14-26-42(50)56(46)74)64-69-61(37-21-9-3-10-22-37)66-62(70-64)38-23-11-4-12-24-38/h1-34H. The van der Waals surface area contributed by atoms with E-state index in [1.165, 1.54) is 0 Å². The first-order chi connectivity index (χ1) is 37.3. The van der Waals surface area contributed by atoms with Crippen LogP contribution in [0.3, 0.4) is 0 Å². The van der Waals surface area contributed by atoms with E-state index in [-0.39, 0.29) is 44.1 Å². The summed E-state index contributed by atoms with van der Waals surface area (Å²) in [5.74, 6) is 2.24. The Morgan fingerprint density at radius 1 is 0.224 bits per heavy atom. The van der Waals surface area contributed by atoms with Gasteiger partial charge in [0.25, 0.3) is 0 Å². The molecule has 9 aromatic carbocycles. The molecule has 0 amide bonds. The van der Waals surface area contributed by atoms with Crippen molar-refractivity contribution in [1.29, 1.82) is 0 Å². The zero-order valence-electron chi connectivity index (χ0n) is 39.8. The number of hydrogen-bond acceptors (Lipinski definition) is 10. The molecule has 0 spiro atoms. The Balaban J connectivity index is 1.05. The first-order valence-corrected chi connectivity index (χ1v) is 24.6. The topological polar surface area (TPSA) is 154 Å². The third-order valence-electron chi connectivity index (χ3n) is 14.4. The summed E-state index contributed by atoms with van der Waals surface area (Å²) in [7, 11) is 0. The number of hydrogen-bond donors (Lipinski definition) is 0. The molecule has 0 aliphatic carbocycles. The van der Waals surface area contributed by atoms with Crippen LogP contribution in [-0.2, 0) is 0 Å². The molecule has 0 aliphatic heterocycles. The van der Waals surface area contributed by atoms with Crippen molar-refractivity contribution >= 4 is 76.2 Å². The summed E-state index contributed by atoms with van der Waals surface area (Å²) in [5.41, 5.74) is 5.54. The lowest BCUT2D eigenvalue weighted by atomic mass is 9.97. The maximum atomic E-state index is 15.6. The molecule has 0 N–H and O–H groups in total. The van der Waals surface area contributed by atoms with Crippen molar-refractivity contribution in [3.63, 3.8) is 0 Å². The van der Waals surface area contributed by atoms with Crippen molar-refractivity contribution in [2.45, 2.75) is 0 Å². The predicted octanol–water partition coefficient (Wildman–Crippen LogP) is 11.8. The van der Waals surface area contributed by atoms with E-state index in [0.717, 1.165) is 22.3 Å². The number of rotatable bonds is 6. The van der Waals surface area contributed by atoms with Gasteiger partial charge in [0.2, 0.25) is 0 Å². The highest BCUT2D eigenvalue weighted by molar-refractivity contribution is 6.14. The third-order valence-corrected chi connectivity index (χ3v) is 14.4. The fraction of sp³-hybridized carbons (Fsp3) is 0. The number of pyridine rings is 4. The minimum Gasteiger partial charge on any atom is -0.307 e. The van der Waals surface area contributed by atoms with E-state index in [9.17, 15) is 9.59 Å². The van der Waals surface area contributed by atoms with E-state index in [1.807, 2.05) is 173 Å². The molecule has 354 valence electrons. The normalized spacial score (nSPS) is 11.9. The van der Waals surface area contributed by atoms with Crippen molar-refractivity contribution in [1.82, 2.24) is 38.7 Å². The number of nitrogens with zero attached hydrogens (tertiary/aromatic N) is 8. The van der Waals surface area contributed by atoms with Crippen LogP contribution in [0.15, 0.2) is 225 Å². The monoisotopic (exact) mass is 978 g/mol. The summed E-state index contributed by atoms with van der Waals surface area (Å²) >= 11 is 0. The Morgan fingerprint density at radius 2 is 0.487 bits per heavy atom. The van der Waals surface area contributed by atoms with Gasteiger partial charge >= 0.3 is 0 Å². The lowest BCUT2D eigenvalue weighted by molar-refractivity contribution is 1.07. The molecule has 0 saturated heterocycles. The van der Waals surface area contributed by atoms with Gasteiger partial charge in [-0.25, -0.2) is 29.9 Å². The molecule has 6 heterocycles. The molecular formula is C64H34N8O4. The largest absolute Gasteiger partial charge is 0.307 e. The van der Waals surface area contributed by atoms with E-state index in [4.69, 9.17) is 29.9 Å². The highest BCUT2D eigenvalue weighted by Crippen LogP contribution is 2.36. The summed E-state index contributed by atoms with van der Waals surface area (Å²) in [5, 5.41) is 2.41. The van der Waals surface area contributed by atoms with Gasteiger partial charge in [-0.3, -0.25) is 19.2 Å². The summed E-state index contributed by atoms with van der Waals surface area (Å²) in [6.45, 7) is 0. The molecule has 12 nitrogen and oxygen atoms in total. The van der Waals surface area contributed by atoms with Crippen molar-refractivity contribution < 1.29 is 0 Å².